The van der Waals surface area contributed by atoms with E-state index in [4.69, 9.17) is 0 Å². The minimum absolute atomic E-state index is 0.0221. The van der Waals surface area contributed by atoms with E-state index in [1.807, 2.05) is 11.8 Å². The zero-order chi connectivity index (χ0) is 19.2. The molecular formula is C20H22F3N3O. The van der Waals surface area contributed by atoms with Crippen molar-refractivity contribution in [3.05, 3.63) is 46.8 Å². The molecule has 0 radical (unpaired) electrons. The van der Waals surface area contributed by atoms with E-state index in [0.29, 0.717) is 41.3 Å². The average molecular weight is 377 g/mol. The molecule has 2 aromatic rings. The topological polar surface area (TPSA) is 38.1 Å². The van der Waals surface area contributed by atoms with Crippen molar-refractivity contribution < 1.29 is 18.0 Å². The van der Waals surface area contributed by atoms with Crippen LogP contribution >= 0.6 is 0 Å². The summed E-state index contributed by atoms with van der Waals surface area (Å²) in [7, 11) is 0. The molecule has 144 valence electrons. The highest BCUT2D eigenvalue weighted by Gasteiger charge is 2.40. The highest BCUT2D eigenvalue weighted by Crippen LogP contribution is 2.38. The van der Waals surface area contributed by atoms with Gasteiger partial charge in [-0.05, 0) is 62.3 Å². The van der Waals surface area contributed by atoms with Gasteiger partial charge >= 0.3 is 6.18 Å². The molecule has 1 unspecified atom stereocenters. The molecule has 1 saturated heterocycles. The van der Waals surface area contributed by atoms with E-state index in [0.717, 1.165) is 32.4 Å². The number of nitrogens with zero attached hydrogens (tertiary/aromatic N) is 3. The molecule has 7 heteroatoms. The van der Waals surface area contributed by atoms with Gasteiger partial charge in [-0.25, -0.2) is 4.68 Å². The SMILES string of the molecule is CC1CCc2c(C(F)(F)F)nn(-c3ccc(C(=O)N4CCCC4)cc3)c2C1. The molecule has 1 amide bonds. The van der Waals surface area contributed by atoms with Gasteiger partial charge in [-0.15, -0.1) is 0 Å². The fraction of sp³-hybridized carbons (Fsp3) is 0.500. The Morgan fingerprint density at radius 1 is 1.15 bits per heavy atom. The van der Waals surface area contributed by atoms with Gasteiger partial charge < -0.3 is 4.90 Å². The maximum Gasteiger partial charge on any atom is 0.435 e. The molecule has 1 aliphatic carbocycles. The minimum Gasteiger partial charge on any atom is -0.339 e. The number of halogens is 3. The van der Waals surface area contributed by atoms with Crippen LogP contribution in [-0.4, -0.2) is 33.7 Å². The maximum atomic E-state index is 13.4. The van der Waals surface area contributed by atoms with Crippen LogP contribution in [0.5, 0.6) is 0 Å². The second kappa shape index (κ2) is 6.69. The van der Waals surface area contributed by atoms with Crippen LogP contribution in [0.25, 0.3) is 5.69 Å². The Labute approximate surface area is 156 Å². The third-order valence-corrected chi connectivity index (χ3v) is 5.54. The Morgan fingerprint density at radius 2 is 1.81 bits per heavy atom. The number of amides is 1. The second-order valence-corrected chi connectivity index (χ2v) is 7.58. The van der Waals surface area contributed by atoms with Gasteiger partial charge in [0.05, 0.1) is 5.69 Å². The van der Waals surface area contributed by atoms with Crippen LogP contribution in [0.4, 0.5) is 13.2 Å². The molecule has 2 aliphatic rings. The van der Waals surface area contributed by atoms with Gasteiger partial charge in [0.1, 0.15) is 0 Å². The molecule has 1 aromatic carbocycles. The number of carbonyl (C=O) groups excluding carboxylic acids is 1. The van der Waals surface area contributed by atoms with Crippen LogP contribution in [0, 0.1) is 5.92 Å². The second-order valence-electron chi connectivity index (χ2n) is 7.58. The Bertz CT molecular complexity index is 849. The largest absolute Gasteiger partial charge is 0.435 e. The summed E-state index contributed by atoms with van der Waals surface area (Å²) < 4.78 is 41.7. The lowest BCUT2D eigenvalue weighted by Gasteiger charge is -2.20. The smallest absolute Gasteiger partial charge is 0.339 e. The van der Waals surface area contributed by atoms with Crippen molar-refractivity contribution in [3.8, 4) is 5.69 Å². The first-order valence-corrected chi connectivity index (χ1v) is 9.42. The van der Waals surface area contributed by atoms with E-state index in [-0.39, 0.29) is 5.91 Å². The van der Waals surface area contributed by atoms with E-state index < -0.39 is 11.9 Å². The first kappa shape index (κ1) is 18.1. The number of aromatic nitrogens is 2. The molecule has 4 nitrogen and oxygen atoms in total. The van der Waals surface area contributed by atoms with Crippen molar-refractivity contribution >= 4 is 5.91 Å². The molecule has 2 heterocycles. The molecule has 1 fully saturated rings. The van der Waals surface area contributed by atoms with E-state index in [1.165, 1.54) is 4.68 Å². The third kappa shape index (κ3) is 3.35. The number of carbonyl (C=O) groups is 1. The van der Waals surface area contributed by atoms with Crippen molar-refractivity contribution in [2.75, 3.05) is 13.1 Å². The van der Waals surface area contributed by atoms with Crippen molar-refractivity contribution in [1.29, 1.82) is 0 Å². The van der Waals surface area contributed by atoms with Crippen LogP contribution in [0.15, 0.2) is 24.3 Å². The number of fused-ring (bicyclic) bond motifs is 1. The van der Waals surface area contributed by atoms with Gasteiger partial charge in [0, 0.05) is 29.9 Å². The quantitative estimate of drug-likeness (QED) is 0.785. The highest BCUT2D eigenvalue weighted by molar-refractivity contribution is 5.94. The first-order chi connectivity index (χ1) is 12.8. The molecular weight excluding hydrogens is 355 g/mol. The highest BCUT2D eigenvalue weighted by atomic mass is 19.4. The number of hydrogen-bond donors (Lipinski definition) is 0. The van der Waals surface area contributed by atoms with Gasteiger partial charge in [-0.2, -0.15) is 18.3 Å². The van der Waals surface area contributed by atoms with Gasteiger partial charge in [0.15, 0.2) is 5.69 Å². The summed E-state index contributed by atoms with van der Waals surface area (Å²) in [5.41, 5.74) is 1.30. The van der Waals surface area contributed by atoms with Crippen molar-refractivity contribution in [2.24, 2.45) is 5.92 Å². The Morgan fingerprint density at radius 3 is 2.44 bits per heavy atom. The molecule has 27 heavy (non-hydrogen) atoms. The summed E-state index contributed by atoms with van der Waals surface area (Å²) in [5.74, 6) is 0.302. The summed E-state index contributed by atoms with van der Waals surface area (Å²) in [6, 6.07) is 6.75. The first-order valence-electron chi connectivity index (χ1n) is 9.42. The fourth-order valence-electron chi connectivity index (χ4n) is 4.07. The van der Waals surface area contributed by atoms with Crippen LogP contribution in [-0.2, 0) is 19.0 Å². The summed E-state index contributed by atoms with van der Waals surface area (Å²) >= 11 is 0. The summed E-state index contributed by atoms with van der Waals surface area (Å²) in [6.45, 7) is 3.57. The van der Waals surface area contributed by atoms with E-state index >= 15 is 0 Å². The summed E-state index contributed by atoms with van der Waals surface area (Å²) in [4.78, 5) is 14.3. The molecule has 1 aliphatic heterocycles. The number of benzene rings is 1. The molecule has 0 saturated carbocycles. The molecule has 4 rings (SSSR count). The van der Waals surface area contributed by atoms with Gasteiger partial charge in [0.2, 0.25) is 0 Å². The average Bonchev–Trinajstić information content (AvgIpc) is 3.28. The number of alkyl halides is 3. The van der Waals surface area contributed by atoms with E-state index in [9.17, 15) is 18.0 Å². The minimum atomic E-state index is -4.46. The van der Waals surface area contributed by atoms with Crippen LogP contribution in [0.2, 0.25) is 0 Å². The zero-order valence-corrected chi connectivity index (χ0v) is 15.2. The Hall–Kier alpha value is -2.31. The number of hydrogen-bond acceptors (Lipinski definition) is 2. The lowest BCUT2D eigenvalue weighted by molar-refractivity contribution is -0.142. The predicted molar refractivity (Wildman–Crippen MR) is 94.9 cm³/mol. The van der Waals surface area contributed by atoms with Crippen molar-refractivity contribution in [1.82, 2.24) is 14.7 Å². The molecule has 1 aromatic heterocycles. The normalized spacial score (nSPS) is 20.0. The van der Waals surface area contributed by atoms with Crippen LogP contribution in [0.1, 0.15) is 53.5 Å². The van der Waals surface area contributed by atoms with Gasteiger partial charge in [-0.1, -0.05) is 6.92 Å². The van der Waals surface area contributed by atoms with Crippen molar-refractivity contribution in [3.63, 3.8) is 0 Å². The van der Waals surface area contributed by atoms with Crippen LogP contribution in [0.3, 0.4) is 0 Å². The summed E-state index contributed by atoms with van der Waals surface area (Å²) in [5, 5.41) is 3.92. The molecule has 0 N–H and O–H groups in total. The third-order valence-electron chi connectivity index (χ3n) is 5.54. The van der Waals surface area contributed by atoms with E-state index in [2.05, 4.69) is 5.10 Å². The van der Waals surface area contributed by atoms with Crippen molar-refractivity contribution in [2.45, 2.75) is 45.2 Å². The standard InChI is InChI=1S/C20H22F3N3O/c1-13-4-9-16-17(12-13)26(24-18(16)20(21,22)23)15-7-5-14(6-8-15)19(27)25-10-2-3-11-25/h5-8,13H,2-4,9-12H2,1H3. The molecule has 0 spiro atoms. The monoisotopic (exact) mass is 377 g/mol. The molecule has 1 atom stereocenters. The predicted octanol–water partition coefficient (Wildman–Crippen LogP) is 4.25. The van der Waals surface area contributed by atoms with E-state index in [1.54, 1.807) is 24.3 Å². The lowest BCUT2D eigenvalue weighted by Crippen LogP contribution is -2.27. The fourth-order valence-corrected chi connectivity index (χ4v) is 4.07. The number of rotatable bonds is 2. The lowest BCUT2D eigenvalue weighted by atomic mass is 9.88. The maximum absolute atomic E-state index is 13.4. The Kier molecular flexibility index (Phi) is 4.48. The zero-order valence-electron chi connectivity index (χ0n) is 15.2. The van der Waals surface area contributed by atoms with Crippen LogP contribution < -0.4 is 0 Å². The Balaban J connectivity index is 1.69. The van der Waals surface area contributed by atoms with Gasteiger partial charge in [-0.3, -0.25) is 4.79 Å². The summed E-state index contributed by atoms with van der Waals surface area (Å²) in [6.07, 6.45) is -0.709. The van der Waals surface area contributed by atoms with Gasteiger partial charge in [0.25, 0.3) is 5.91 Å². The molecule has 0 bridgehead atoms. The number of likely N-dealkylation sites (tertiary alicyclic amines) is 1.